The smallest absolute Gasteiger partial charge is 0.317 e. The fraction of sp³-hybridized carbons (Fsp3) is 0.357. The highest BCUT2D eigenvalue weighted by atomic mass is 16.2. The molecule has 1 aromatic heterocycles. The number of nitrogens with one attached hydrogen (secondary N) is 1. The minimum absolute atomic E-state index is 0.0384. The van der Waals surface area contributed by atoms with Crippen LogP contribution in [0.2, 0.25) is 0 Å². The van der Waals surface area contributed by atoms with E-state index in [-0.39, 0.29) is 12.1 Å². The molecule has 0 bridgehead atoms. The third-order valence-corrected chi connectivity index (χ3v) is 4.17. The molecule has 0 saturated carbocycles. The van der Waals surface area contributed by atoms with E-state index in [1.807, 2.05) is 23.1 Å². The van der Waals surface area contributed by atoms with E-state index in [1.165, 1.54) is 0 Å². The Morgan fingerprint density at radius 1 is 1.29 bits per heavy atom. The van der Waals surface area contributed by atoms with E-state index >= 15 is 0 Å². The van der Waals surface area contributed by atoms with E-state index in [0.29, 0.717) is 18.8 Å². The molecule has 1 unspecified atom stereocenters. The number of carbonyl (C=O) groups is 1. The third kappa shape index (κ3) is 1.93. The summed E-state index contributed by atoms with van der Waals surface area (Å²) in [5.74, 6) is 0.895. The monoisotopic (exact) mass is 284 g/mol. The maximum atomic E-state index is 11.7. The molecule has 7 nitrogen and oxygen atoms in total. The number of amides is 2. The molecule has 7 heteroatoms. The van der Waals surface area contributed by atoms with Crippen LogP contribution in [0.4, 0.5) is 16.3 Å². The summed E-state index contributed by atoms with van der Waals surface area (Å²) in [4.78, 5) is 24.5. The van der Waals surface area contributed by atoms with Crippen LogP contribution >= 0.6 is 0 Å². The van der Waals surface area contributed by atoms with Crippen molar-refractivity contribution in [3.8, 4) is 0 Å². The lowest BCUT2D eigenvalue weighted by Gasteiger charge is -2.37. The molecular formula is C14H16N6O. The van der Waals surface area contributed by atoms with E-state index in [4.69, 9.17) is 5.73 Å². The highest BCUT2D eigenvalue weighted by Gasteiger charge is 2.36. The van der Waals surface area contributed by atoms with Gasteiger partial charge in [-0.2, -0.15) is 0 Å². The molecule has 4 rings (SSSR count). The van der Waals surface area contributed by atoms with Crippen LogP contribution in [0.1, 0.15) is 0 Å². The van der Waals surface area contributed by atoms with Gasteiger partial charge in [0.15, 0.2) is 0 Å². The number of fused-ring (bicyclic) bond motifs is 2. The van der Waals surface area contributed by atoms with Crippen molar-refractivity contribution in [3.63, 3.8) is 0 Å². The fourth-order valence-electron chi connectivity index (χ4n) is 3.11. The van der Waals surface area contributed by atoms with Crippen LogP contribution in [0.5, 0.6) is 0 Å². The van der Waals surface area contributed by atoms with Gasteiger partial charge < -0.3 is 20.9 Å². The number of nitrogen functional groups attached to an aromatic ring is 1. The average Bonchev–Trinajstić information content (AvgIpc) is 2.87. The van der Waals surface area contributed by atoms with Crippen LogP contribution in [0.15, 0.2) is 24.5 Å². The van der Waals surface area contributed by atoms with Crippen LogP contribution in [0.3, 0.4) is 0 Å². The Hall–Kier alpha value is -2.57. The molecule has 1 aromatic carbocycles. The summed E-state index contributed by atoms with van der Waals surface area (Å²) in [6.07, 6.45) is 1.58. The van der Waals surface area contributed by atoms with Crippen molar-refractivity contribution in [1.29, 1.82) is 0 Å². The molecule has 2 aliphatic heterocycles. The van der Waals surface area contributed by atoms with Gasteiger partial charge >= 0.3 is 6.03 Å². The standard InChI is InChI=1S/C14H16N6O/c15-9-1-2-12-11(5-9)13(18-8-17-12)19-3-4-20-10(7-19)6-16-14(20)21/h1-2,5,8,10H,3-4,6-7,15H2,(H,16,21). The molecule has 2 aromatic rings. The van der Waals surface area contributed by atoms with Crippen molar-refractivity contribution in [2.45, 2.75) is 6.04 Å². The minimum Gasteiger partial charge on any atom is -0.399 e. The van der Waals surface area contributed by atoms with Crippen molar-refractivity contribution < 1.29 is 4.79 Å². The lowest BCUT2D eigenvalue weighted by atomic mass is 10.1. The third-order valence-electron chi connectivity index (χ3n) is 4.17. The van der Waals surface area contributed by atoms with Gasteiger partial charge in [-0.3, -0.25) is 0 Å². The van der Waals surface area contributed by atoms with E-state index in [0.717, 1.165) is 29.8 Å². The summed E-state index contributed by atoms with van der Waals surface area (Å²) in [6, 6.07) is 5.91. The number of piperazine rings is 1. The number of anilines is 2. The zero-order valence-electron chi connectivity index (χ0n) is 11.5. The van der Waals surface area contributed by atoms with Crippen molar-refractivity contribution in [3.05, 3.63) is 24.5 Å². The topological polar surface area (TPSA) is 87.4 Å². The number of nitrogens with zero attached hydrogens (tertiary/aromatic N) is 4. The molecular weight excluding hydrogens is 268 g/mol. The SMILES string of the molecule is Nc1ccc2ncnc(N3CCN4C(=O)NCC4C3)c2c1. The zero-order valence-corrected chi connectivity index (χ0v) is 11.5. The molecule has 0 aliphatic carbocycles. The molecule has 2 fully saturated rings. The van der Waals surface area contributed by atoms with Crippen LogP contribution in [-0.4, -0.2) is 53.1 Å². The number of urea groups is 1. The maximum absolute atomic E-state index is 11.7. The van der Waals surface area contributed by atoms with E-state index in [9.17, 15) is 4.79 Å². The first-order chi connectivity index (χ1) is 10.2. The van der Waals surface area contributed by atoms with Gasteiger partial charge in [0.1, 0.15) is 12.1 Å². The summed E-state index contributed by atoms with van der Waals surface area (Å²) in [7, 11) is 0. The fourth-order valence-corrected chi connectivity index (χ4v) is 3.11. The number of hydrogen-bond donors (Lipinski definition) is 2. The highest BCUT2D eigenvalue weighted by molar-refractivity contribution is 5.91. The van der Waals surface area contributed by atoms with Crippen molar-refractivity contribution in [1.82, 2.24) is 20.2 Å². The largest absolute Gasteiger partial charge is 0.399 e. The first kappa shape index (κ1) is 12.2. The van der Waals surface area contributed by atoms with Gasteiger partial charge in [-0.15, -0.1) is 0 Å². The Morgan fingerprint density at radius 3 is 3.10 bits per heavy atom. The lowest BCUT2D eigenvalue weighted by molar-refractivity contribution is 0.197. The Labute approximate surface area is 121 Å². The number of nitrogens with two attached hydrogens (primary N) is 1. The Morgan fingerprint density at radius 2 is 2.19 bits per heavy atom. The van der Waals surface area contributed by atoms with Gasteiger partial charge in [0.2, 0.25) is 0 Å². The number of aromatic nitrogens is 2. The van der Waals surface area contributed by atoms with Gasteiger partial charge in [-0.1, -0.05) is 0 Å². The number of carbonyl (C=O) groups excluding carboxylic acids is 1. The van der Waals surface area contributed by atoms with Crippen molar-refractivity contribution in [2.75, 3.05) is 36.8 Å². The second-order valence-corrected chi connectivity index (χ2v) is 5.45. The second kappa shape index (κ2) is 4.47. The number of hydrogen-bond acceptors (Lipinski definition) is 5. The van der Waals surface area contributed by atoms with Gasteiger partial charge in [-0.05, 0) is 18.2 Å². The van der Waals surface area contributed by atoms with Crippen LogP contribution in [-0.2, 0) is 0 Å². The molecule has 3 heterocycles. The second-order valence-electron chi connectivity index (χ2n) is 5.45. The first-order valence-corrected chi connectivity index (χ1v) is 7.02. The molecule has 3 N–H and O–H groups in total. The van der Waals surface area contributed by atoms with E-state index in [2.05, 4.69) is 20.2 Å². The molecule has 2 amide bonds. The summed E-state index contributed by atoms with van der Waals surface area (Å²) >= 11 is 0. The maximum Gasteiger partial charge on any atom is 0.317 e. The molecule has 0 spiro atoms. The summed E-state index contributed by atoms with van der Waals surface area (Å²) < 4.78 is 0. The van der Waals surface area contributed by atoms with Gasteiger partial charge in [0.05, 0.1) is 11.6 Å². The molecule has 2 aliphatic rings. The zero-order chi connectivity index (χ0) is 14.4. The van der Waals surface area contributed by atoms with Gasteiger partial charge in [0, 0.05) is 37.3 Å². The summed E-state index contributed by atoms with van der Waals surface area (Å²) in [5, 5.41) is 3.85. The Balaban J connectivity index is 1.71. The molecule has 2 saturated heterocycles. The normalized spacial score (nSPS) is 21.5. The average molecular weight is 284 g/mol. The highest BCUT2D eigenvalue weighted by Crippen LogP contribution is 2.27. The first-order valence-electron chi connectivity index (χ1n) is 7.02. The minimum atomic E-state index is 0.0384. The van der Waals surface area contributed by atoms with Gasteiger partial charge in [-0.25, -0.2) is 14.8 Å². The molecule has 0 radical (unpaired) electrons. The van der Waals surface area contributed by atoms with E-state index < -0.39 is 0 Å². The predicted molar refractivity (Wildman–Crippen MR) is 80.1 cm³/mol. The predicted octanol–water partition coefficient (Wildman–Crippen LogP) is 0.426. The van der Waals surface area contributed by atoms with Gasteiger partial charge in [0.25, 0.3) is 0 Å². The number of rotatable bonds is 1. The molecule has 21 heavy (non-hydrogen) atoms. The summed E-state index contributed by atoms with van der Waals surface area (Å²) in [5.41, 5.74) is 7.48. The van der Waals surface area contributed by atoms with Crippen LogP contribution < -0.4 is 16.0 Å². The van der Waals surface area contributed by atoms with Crippen LogP contribution in [0, 0.1) is 0 Å². The molecule has 1 atom stereocenters. The quantitative estimate of drug-likeness (QED) is 0.741. The number of benzene rings is 1. The summed E-state index contributed by atoms with van der Waals surface area (Å²) in [6.45, 7) is 2.95. The lowest BCUT2D eigenvalue weighted by Crippen LogP contribution is -2.52. The van der Waals surface area contributed by atoms with Crippen molar-refractivity contribution in [2.24, 2.45) is 0 Å². The van der Waals surface area contributed by atoms with Crippen LogP contribution in [0.25, 0.3) is 10.9 Å². The van der Waals surface area contributed by atoms with E-state index in [1.54, 1.807) is 6.33 Å². The van der Waals surface area contributed by atoms with Crippen molar-refractivity contribution >= 4 is 28.4 Å². The Bertz CT molecular complexity index is 718. The molecule has 108 valence electrons. The Kier molecular flexibility index (Phi) is 2.60.